The van der Waals surface area contributed by atoms with Crippen LogP contribution in [0, 0.1) is 5.92 Å². The zero-order chi connectivity index (χ0) is 23.3. The Bertz CT molecular complexity index is 907. The molecule has 0 spiro atoms. The monoisotopic (exact) mass is 472 g/mol. The standard InChI is InChI=1S/C21H28ClF3N6O/c1-3-29(4-2)9-10-31-14-17(13-27-31)28-20(32)15-5-7-30(8-6-15)19-18(22)11-16(12-26-19)21(23,24)25/h11-15H,3-10H2,1-2H3,(H,28,32). The van der Waals surface area contributed by atoms with E-state index in [1.807, 2.05) is 15.8 Å². The number of carbonyl (C=O) groups is 1. The van der Waals surface area contributed by atoms with Crippen LogP contribution >= 0.6 is 11.6 Å². The highest BCUT2D eigenvalue weighted by Gasteiger charge is 2.33. The molecule has 7 nitrogen and oxygen atoms in total. The first-order valence-electron chi connectivity index (χ1n) is 10.7. The molecule has 1 aliphatic heterocycles. The number of likely N-dealkylation sites (N-methyl/N-ethyl adjacent to an activating group) is 1. The fourth-order valence-electron chi connectivity index (χ4n) is 3.75. The third-order valence-corrected chi connectivity index (χ3v) is 6.03. The molecule has 11 heteroatoms. The van der Waals surface area contributed by atoms with E-state index in [-0.39, 0.29) is 16.8 Å². The average molecular weight is 473 g/mol. The summed E-state index contributed by atoms with van der Waals surface area (Å²) in [5.74, 6) is 0.0333. The van der Waals surface area contributed by atoms with E-state index in [0.717, 1.165) is 38.4 Å². The lowest BCUT2D eigenvalue weighted by Crippen LogP contribution is -2.38. The van der Waals surface area contributed by atoms with Crippen molar-refractivity contribution in [3.63, 3.8) is 0 Å². The van der Waals surface area contributed by atoms with Gasteiger partial charge in [0.25, 0.3) is 0 Å². The number of piperidine rings is 1. The molecule has 0 saturated carbocycles. The molecular formula is C21H28ClF3N6O. The van der Waals surface area contributed by atoms with Crippen molar-refractivity contribution >= 4 is 29.0 Å². The lowest BCUT2D eigenvalue weighted by molar-refractivity contribution is -0.137. The molecule has 3 heterocycles. The zero-order valence-corrected chi connectivity index (χ0v) is 19.0. The Morgan fingerprint density at radius 3 is 2.53 bits per heavy atom. The van der Waals surface area contributed by atoms with Crippen molar-refractivity contribution < 1.29 is 18.0 Å². The molecule has 32 heavy (non-hydrogen) atoms. The minimum absolute atomic E-state index is 0.0418. The predicted octanol–water partition coefficient (Wildman–Crippen LogP) is 4.15. The molecule has 1 amide bonds. The summed E-state index contributed by atoms with van der Waals surface area (Å²) in [5.41, 5.74) is -0.220. The van der Waals surface area contributed by atoms with Gasteiger partial charge in [-0.05, 0) is 32.0 Å². The smallest absolute Gasteiger partial charge is 0.355 e. The number of halogens is 4. The van der Waals surface area contributed by atoms with Crippen molar-refractivity contribution in [3.05, 3.63) is 35.2 Å². The van der Waals surface area contributed by atoms with Crippen LogP contribution in [0.3, 0.4) is 0 Å². The third kappa shape index (κ3) is 6.13. The van der Waals surface area contributed by atoms with E-state index in [0.29, 0.717) is 37.4 Å². The fraction of sp³-hybridized carbons (Fsp3) is 0.571. The zero-order valence-electron chi connectivity index (χ0n) is 18.2. The minimum Gasteiger partial charge on any atom is -0.355 e. The van der Waals surface area contributed by atoms with E-state index >= 15 is 0 Å². The number of rotatable bonds is 8. The van der Waals surface area contributed by atoms with E-state index in [4.69, 9.17) is 11.6 Å². The molecule has 2 aromatic heterocycles. The first-order chi connectivity index (χ1) is 15.2. The summed E-state index contributed by atoms with van der Waals surface area (Å²) in [6.07, 6.45) is 0.878. The number of nitrogens with zero attached hydrogens (tertiary/aromatic N) is 5. The highest BCUT2D eigenvalue weighted by atomic mass is 35.5. The molecule has 176 valence electrons. The third-order valence-electron chi connectivity index (χ3n) is 5.75. The number of anilines is 2. The number of alkyl halides is 3. The van der Waals surface area contributed by atoms with Crippen LogP contribution in [0.1, 0.15) is 32.3 Å². The highest BCUT2D eigenvalue weighted by molar-refractivity contribution is 6.33. The van der Waals surface area contributed by atoms with E-state index in [2.05, 4.69) is 34.1 Å². The normalized spacial score (nSPS) is 15.4. The second-order valence-electron chi connectivity index (χ2n) is 7.80. The van der Waals surface area contributed by atoms with Gasteiger partial charge in [-0.15, -0.1) is 0 Å². The maximum Gasteiger partial charge on any atom is 0.417 e. The van der Waals surface area contributed by atoms with Crippen molar-refractivity contribution in [3.8, 4) is 0 Å². The van der Waals surface area contributed by atoms with Gasteiger partial charge in [0.2, 0.25) is 5.91 Å². The number of aromatic nitrogens is 3. The fourth-order valence-corrected chi connectivity index (χ4v) is 4.04. The van der Waals surface area contributed by atoms with Gasteiger partial charge in [-0.25, -0.2) is 4.98 Å². The van der Waals surface area contributed by atoms with Crippen molar-refractivity contribution in [1.29, 1.82) is 0 Å². The lowest BCUT2D eigenvalue weighted by Gasteiger charge is -2.32. The Labute approximate surface area is 190 Å². The number of hydrogen-bond acceptors (Lipinski definition) is 5. The Morgan fingerprint density at radius 1 is 1.25 bits per heavy atom. The van der Waals surface area contributed by atoms with Gasteiger partial charge in [-0.3, -0.25) is 9.48 Å². The number of pyridine rings is 1. The summed E-state index contributed by atoms with van der Waals surface area (Å²) in [4.78, 5) is 20.7. The largest absolute Gasteiger partial charge is 0.417 e. The number of carbonyl (C=O) groups excluding carboxylic acids is 1. The van der Waals surface area contributed by atoms with Crippen LogP contribution in [0.5, 0.6) is 0 Å². The number of hydrogen-bond donors (Lipinski definition) is 1. The summed E-state index contributed by atoms with van der Waals surface area (Å²) < 4.78 is 40.2. The Morgan fingerprint density at radius 2 is 1.94 bits per heavy atom. The highest BCUT2D eigenvalue weighted by Crippen LogP contribution is 2.34. The molecule has 1 saturated heterocycles. The molecule has 0 unspecified atom stereocenters. The quantitative estimate of drug-likeness (QED) is 0.625. The van der Waals surface area contributed by atoms with Crippen LogP contribution in [0.2, 0.25) is 5.02 Å². The van der Waals surface area contributed by atoms with Crippen molar-refractivity contribution in [2.75, 3.05) is 42.9 Å². The van der Waals surface area contributed by atoms with Crippen LogP contribution in [-0.2, 0) is 17.5 Å². The second kappa shape index (κ2) is 10.5. The summed E-state index contributed by atoms with van der Waals surface area (Å²) in [5, 5.41) is 7.18. The Balaban J connectivity index is 1.51. The maximum absolute atomic E-state index is 12.8. The number of nitrogens with one attached hydrogen (secondary N) is 1. The molecule has 3 rings (SSSR count). The van der Waals surface area contributed by atoms with E-state index in [1.54, 1.807) is 6.20 Å². The molecule has 2 aromatic rings. The summed E-state index contributed by atoms with van der Waals surface area (Å²) in [7, 11) is 0. The second-order valence-corrected chi connectivity index (χ2v) is 8.20. The molecule has 0 atom stereocenters. The molecule has 1 N–H and O–H groups in total. The molecule has 0 aromatic carbocycles. The predicted molar refractivity (Wildman–Crippen MR) is 118 cm³/mol. The topological polar surface area (TPSA) is 66.3 Å². The van der Waals surface area contributed by atoms with Gasteiger partial charge in [0.15, 0.2) is 0 Å². The Kier molecular flexibility index (Phi) is 8.00. The van der Waals surface area contributed by atoms with Gasteiger partial charge in [0.05, 0.1) is 29.0 Å². The Hall–Kier alpha value is -2.33. The summed E-state index contributed by atoms with van der Waals surface area (Å²) in [6, 6.07) is 0.889. The van der Waals surface area contributed by atoms with Gasteiger partial charge < -0.3 is 15.1 Å². The molecular weight excluding hydrogens is 445 g/mol. The van der Waals surface area contributed by atoms with Gasteiger partial charge >= 0.3 is 6.18 Å². The minimum atomic E-state index is -4.49. The SMILES string of the molecule is CCN(CC)CCn1cc(NC(=O)C2CCN(c3ncc(C(F)(F)F)cc3Cl)CC2)cn1. The van der Waals surface area contributed by atoms with Gasteiger partial charge in [-0.1, -0.05) is 25.4 Å². The lowest BCUT2D eigenvalue weighted by atomic mass is 9.96. The van der Waals surface area contributed by atoms with Crippen LogP contribution in [0.25, 0.3) is 0 Å². The van der Waals surface area contributed by atoms with E-state index in [1.165, 1.54) is 0 Å². The average Bonchev–Trinajstić information content (AvgIpc) is 3.21. The molecule has 0 aliphatic carbocycles. The molecule has 0 bridgehead atoms. The van der Waals surface area contributed by atoms with Crippen molar-refractivity contribution in [1.82, 2.24) is 19.7 Å². The van der Waals surface area contributed by atoms with Gasteiger partial charge in [0, 0.05) is 37.9 Å². The van der Waals surface area contributed by atoms with Crippen LogP contribution < -0.4 is 10.2 Å². The first kappa shape index (κ1) is 24.3. The van der Waals surface area contributed by atoms with Gasteiger partial charge in [0.1, 0.15) is 5.82 Å². The van der Waals surface area contributed by atoms with Crippen molar-refractivity contribution in [2.45, 2.75) is 39.4 Å². The molecule has 1 aliphatic rings. The summed E-state index contributed by atoms with van der Waals surface area (Å²) in [6.45, 7) is 8.80. The first-order valence-corrected chi connectivity index (χ1v) is 11.1. The van der Waals surface area contributed by atoms with E-state index in [9.17, 15) is 18.0 Å². The maximum atomic E-state index is 12.8. The summed E-state index contributed by atoms with van der Waals surface area (Å²) >= 11 is 6.05. The van der Waals surface area contributed by atoms with E-state index < -0.39 is 11.7 Å². The van der Waals surface area contributed by atoms with Crippen LogP contribution in [-0.4, -0.2) is 58.3 Å². The van der Waals surface area contributed by atoms with Crippen LogP contribution in [0.15, 0.2) is 24.7 Å². The molecule has 1 fully saturated rings. The molecule has 0 radical (unpaired) electrons. The number of amides is 1. The van der Waals surface area contributed by atoms with Gasteiger partial charge in [-0.2, -0.15) is 18.3 Å². The van der Waals surface area contributed by atoms with Crippen molar-refractivity contribution in [2.24, 2.45) is 5.92 Å². The van der Waals surface area contributed by atoms with Crippen LogP contribution in [0.4, 0.5) is 24.7 Å².